The van der Waals surface area contributed by atoms with E-state index in [1.807, 2.05) is 37.3 Å². The van der Waals surface area contributed by atoms with Crippen molar-refractivity contribution in [1.29, 1.82) is 5.26 Å². The fraction of sp³-hybridized carbons (Fsp3) is 0.0556. The van der Waals surface area contributed by atoms with Gasteiger partial charge in [-0.15, -0.1) is 0 Å². The highest BCUT2D eigenvalue weighted by molar-refractivity contribution is 8.27. The molecular weight excluding hydrogens is 324 g/mol. The average Bonchev–Trinajstić information content (AvgIpc) is 2.83. The molecule has 0 bridgehead atoms. The first-order valence-corrected chi connectivity index (χ1v) is 8.16. The largest absolute Gasteiger partial charge is 0.270 e. The average molecular weight is 336 g/mol. The number of anilines is 1. The Bertz CT molecular complexity index is 863. The van der Waals surface area contributed by atoms with E-state index in [9.17, 15) is 10.1 Å². The molecule has 1 fully saturated rings. The normalized spacial score (nSPS) is 16.0. The number of thioether (sulfide) groups is 1. The summed E-state index contributed by atoms with van der Waals surface area (Å²) in [4.78, 5) is 14.7. The molecule has 1 amide bonds. The van der Waals surface area contributed by atoms with Crippen LogP contribution in [0.5, 0.6) is 0 Å². The van der Waals surface area contributed by atoms with Gasteiger partial charge in [0.25, 0.3) is 5.91 Å². The van der Waals surface area contributed by atoms with Gasteiger partial charge in [-0.25, -0.2) is 0 Å². The van der Waals surface area contributed by atoms with Crippen molar-refractivity contribution < 1.29 is 4.79 Å². The molecule has 23 heavy (non-hydrogen) atoms. The lowest BCUT2D eigenvalue weighted by atomic mass is 10.1. The number of nitrogens with zero attached hydrogens (tertiary/aromatic N) is 2. The molecule has 0 aliphatic carbocycles. The number of amides is 1. The fourth-order valence-corrected chi connectivity index (χ4v) is 3.54. The number of thiocarbonyl (C=S) groups is 1. The lowest BCUT2D eigenvalue weighted by molar-refractivity contribution is -0.113. The Morgan fingerprint density at radius 1 is 1.17 bits per heavy atom. The van der Waals surface area contributed by atoms with Crippen LogP contribution in [-0.2, 0) is 4.79 Å². The molecule has 5 heteroatoms. The number of nitriles is 1. The summed E-state index contributed by atoms with van der Waals surface area (Å²) in [5.74, 6) is -0.191. The van der Waals surface area contributed by atoms with Gasteiger partial charge in [0.1, 0.15) is 6.07 Å². The first kappa shape index (κ1) is 15.5. The van der Waals surface area contributed by atoms with Gasteiger partial charge in [-0.1, -0.05) is 65.9 Å². The number of carbonyl (C=O) groups excluding carboxylic acids is 1. The van der Waals surface area contributed by atoms with Crippen LogP contribution >= 0.6 is 24.0 Å². The van der Waals surface area contributed by atoms with Crippen molar-refractivity contribution in [3.05, 3.63) is 70.1 Å². The van der Waals surface area contributed by atoms with Crippen LogP contribution in [0.1, 0.15) is 16.7 Å². The third-order valence-corrected chi connectivity index (χ3v) is 4.74. The maximum Gasteiger partial charge on any atom is 0.270 e. The maximum absolute atomic E-state index is 12.7. The number of carbonyl (C=O) groups is 1. The van der Waals surface area contributed by atoms with E-state index < -0.39 is 0 Å². The predicted molar refractivity (Wildman–Crippen MR) is 98.0 cm³/mol. The zero-order valence-corrected chi connectivity index (χ0v) is 13.9. The van der Waals surface area contributed by atoms with Gasteiger partial charge in [-0.3, -0.25) is 9.69 Å². The number of rotatable bonds is 2. The van der Waals surface area contributed by atoms with E-state index in [-0.39, 0.29) is 5.91 Å². The summed E-state index contributed by atoms with van der Waals surface area (Å²) < 4.78 is 0.441. The summed E-state index contributed by atoms with van der Waals surface area (Å²) in [6.45, 7) is 2.02. The second-order valence-corrected chi connectivity index (χ2v) is 6.73. The zero-order chi connectivity index (χ0) is 16.4. The van der Waals surface area contributed by atoms with Gasteiger partial charge in [-0.2, -0.15) is 5.26 Å². The summed E-state index contributed by atoms with van der Waals surface area (Å²) in [5.41, 5.74) is 3.08. The molecule has 1 saturated heterocycles. The Labute approximate surface area is 144 Å². The number of aryl methyl sites for hydroxylation is 1. The van der Waals surface area contributed by atoms with Crippen LogP contribution in [0.25, 0.3) is 6.08 Å². The Hall–Kier alpha value is -2.42. The number of hydrogen-bond acceptors (Lipinski definition) is 4. The van der Waals surface area contributed by atoms with Crippen molar-refractivity contribution in [3.63, 3.8) is 0 Å². The minimum absolute atomic E-state index is 0.191. The Morgan fingerprint density at radius 2 is 1.87 bits per heavy atom. The van der Waals surface area contributed by atoms with Crippen LogP contribution < -0.4 is 4.90 Å². The van der Waals surface area contributed by atoms with Gasteiger partial charge < -0.3 is 0 Å². The summed E-state index contributed by atoms with van der Waals surface area (Å²) in [5, 5.41) is 9.23. The van der Waals surface area contributed by atoms with Crippen LogP contribution in [-0.4, -0.2) is 10.2 Å². The van der Waals surface area contributed by atoms with Gasteiger partial charge in [0.05, 0.1) is 16.2 Å². The lowest BCUT2D eigenvalue weighted by Gasteiger charge is -2.15. The van der Waals surface area contributed by atoms with E-state index in [0.717, 1.165) is 11.1 Å². The molecule has 1 aliphatic rings. The lowest BCUT2D eigenvalue weighted by Crippen LogP contribution is -2.28. The highest BCUT2D eigenvalue weighted by Crippen LogP contribution is 2.37. The standard InChI is InChI=1S/C18H12N2OS2/c1-12-6-8-13(9-7-12)10-16-17(21)20(18(22)23-16)15-5-3-2-4-14(15)11-19/h2-10H,1H3/b16-10-. The SMILES string of the molecule is Cc1ccc(/C=C2\SC(=S)N(c3ccccc3C#N)C2=O)cc1. The molecule has 0 saturated carbocycles. The highest BCUT2D eigenvalue weighted by Gasteiger charge is 2.34. The van der Waals surface area contributed by atoms with E-state index in [1.165, 1.54) is 16.7 Å². The molecule has 1 heterocycles. The first-order valence-electron chi connectivity index (χ1n) is 6.94. The van der Waals surface area contributed by atoms with E-state index in [1.54, 1.807) is 24.3 Å². The van der Waals surface area contributed by atoms with E-state index in [4.69, 9.17) is 12.2 Å². The highest BCUT2D eigenvalue weighted by atomic mass is 32.2. The summed E-state index contributed by atoms with van der Waals surface area (Å²) in [6.07, 6.45) is 1.83. The van der Waals surface area contributed by atoms with Crippen LogP contribution in [0.3, 0.4) is 0 Å². The molecule has 2 aromatic carbocycles. The van der Waals surface area contributed by atoms with Crippen molar-refractivity contribution >= 4 is 46.0 Å². The smallest absolute Gasteiger partial charge is 0.268 e. The summed E-state index contributed by atoms with van der Waals surface area (Å²) in [6, 6.07) is 17.0. The van der Waals surface area contributed by atoms with Crippen molar-refractivity contribution in [1.82, 2.24) is 0 Å². The van der Waals surface area contributed by atoms with Gasteiger partial charge in [-0.05, 0) is 30.7 Å². The monoisotopic (exact) mass is 336 g/mol. The van der Waals surface area contributed by atoms with Crippen molar-refractivity contribution in [3.8, 4) is 6.07 Å². The van der Waals surface area contributed by atoms with Crippen molar-refractivity contribution in [2.24, 2.45) is 0 Å². The minimum Gasteiger partial charge on any atom is -0.268 e. The molecule has 0 atom stereocenters. The Balaban J connectivity index is 1.97. The molecule has 0 N–H and O–H groups in total. The van der Waals surface area contributed by atoms with Gasteiger partial charge >= 0.3 is 0 Å². The molecule has 2 aromatic rings. The van der Waals surface area contributed by atoms with Gasteiger partial charge in [0.2, 0.25) is 0 Å². The predicted octanol–water partition coefficient (Wildman–Crippen LogP) is 4.27. The topological polar surface area (TPSA) is 44.1 Å². The minimum atomic E-state index is -0.191. The van der Waals surface area contributed by atoms with Gasteiger partial charge in [0.15, 0.2) is 4.32 Å². The van der Waals surface area contributed by atoms with Crippen LogP contribution in [0.4, 0.5) is 5.69 Å². The molecular formula is C18H12N2OS2. The molecule has 0 aromatic heterocycles. The van der Waals surface area contributed by atoms with Crippen LogP contribution in [0, 0.1) is 18.3 Å². The van der Waals surface area contributed by atoms with Gasteiger partial charge in [0, 0.05) is 0 Å². The molecule has 112 valence electrons. The zero-order valence-electron chi connectivity index (χ0n) is 12.3. The first-order chi connectivity index (χ1) is 11.1. The molecule has 0 radical (unpaired) electrons. The van der Waals surface area contributed by atoms with Crippen molar-refractivity contribution in [2.75, 3.05) is 4.90 Å². The number of para-hydroxylation sites is 1. The molecule has 3 rings (SSSR count). The summed E-state index contributed by atoms with van der Waals surface area (Å²) >= 11 is 6.59. The Kier molecular flexibility index (Phi) is 4.28. The van der Waals surface area contributed by atoms with E-state index >= 15 is 0 Å². The Morgan fingerprint density at radius 3 is 2.57 bits per heavy atom. The molecule has 1 aliphatic heterocycles. The van der Waals surface area contributed by atoms with Crippen molar-refractivity contribution in [2.45, 2.75) is 6.92 Å². The second kappa shape index (κ2) is 6.37. The van der Waals surface area contributed by atoms with E-state index in [0.29, 0.717) is 20.5 Å². The second-order valence-electron chi connectivity index (χ2n) is 5.06. The third-order valence-electron chi connectivity index (χ3n) is 3.43. The molecule has 0 unspecified atom stereocenters. The molecule has 3 nitrogen and oxygen atoms in total. The molecule has 0 spiro atoms. The summed E-state index contributed by atoms with van der Waals surface area (Å²) in [7, 11) is 0. The van der Waals surface area contributed by atoms with Crippen LogP contribution in [0.15, 0.2) is 53.4 Å². The van der Waals surface area contributed by atoms with Crippen LogP contribution in [0.2, 0.25) is 0 Å². The fourth-order valence-electron chi connectivity index (χ4n) is 2.25. The maximum atomic E-state index is 12.7. The number of benzene rings is 2. The quantitative estimate of drug-likeness (QED) is 0.607. The third kappa shape index (κ3) is 3.04. The van der Waals surface area contributed by atoms with E-state index in [2.05, 4.69) is 6.07 Å². The number of hydrogen-bond donors (Lipinski definition) is 0.